The fourth-order valence-electron chi connectivity index (χ4n) is 2.21. The van der Waals surface area contributed by atoms with Gasteiger partial charge in [-0.25, -0.2) is 0 Å². The average Bonchev–Trinajstić information content (AvgIpc) is 2.33. The Morgan fingerprint density at radius 2 is 2.06 bits per heavy atom. The van der Waals surface area contributed by atoms with Gasteiger partial charge in [0.05, 0.1) is 6.10 Å². The molecule has 1 aliphatic rings. The topological polar surface area (TPSA) is 21.3 Å². The van der Waals surface area contributed by atoms with E-state index in [1.54, 1.807) is 0 Å². The van der Waals surface area contributed by atoms with Crippen LogP contribution in [0.5, 0.6) is 0 Å². The molecule has 0 aliphatic heterocycles. The van der Waals surface area contributed by atoms with Crippen LogP contribution >= 0.6 is 0 Å². The molecule has 0 aromatic rings. The predicted octanol–water partition coefficient (Wildman–Crippen LogP) is 3.51. The van der Waals surface area contributed by atoms with E-state index in [1.807, 2.05) is 0 Å². The third-order valence-electron chi connectivity index (χ3n) is 3.56. The van der Waals surface area contributed by atoms with Crippen LogP contribution < -0.4 is 5.32 Å². The minimum atomic E-state index is -4.21. The van der Waals surface area contributed by atoms with Gasteiger partial charge in [-0.1, -0.05) is 20.3 Å². The van der Waals surface area contributed by atoms with Crippen LogP contribution in [0.15, 0.2) is 0 Å². The van der Waals surface area contributed by atoms with Crippen molar-refractivity contribution in [1.82, 2.24) is 5.32 Å². The smallest absolute Gasteiger partial charge is 0.369 e. The Morgan fingerprint density at radius 3 is 2.67 bits per heavy atom. The lowest BCUT2D eigenvalue weighted by molar-refractivity contribution is -0.188. The minimum absolute atomic E-state index is 0.241. The molecule has 2 nitrogen and oxygen atoms in total. The lowest BCUT2D eigenvalue weighted by Gasteiger charge is -2.30. The quantitative estimate of drug-likeness (QED) is 0.795. The Kier molecular flexibility index (Phi) is 6.43. The molecule has 108 valence electrons. The summed E-state index contributed by atoms with van der Waals surface area (Å²) in [6, 6.07) is 0.311. The van der Waals surface area contributed by atoms with E-state index in [4.69, 9.17) is 4.74 Å². The van der Waals surface area contributed by atoms with E-state index in [0.29, 0.717) is 18.4 Å². The zero-order chi connectivity index (χ0) is 13.6. The number of halogens is 3. The highest BCUT2D eigenvalue weighted by Crippen LogP contribution is 2.24. The Balaban J connectivity index is 2.23. The van der Waals surface area contributed by atoms with Gasteiger partial charge >= 0.3 is 6.18 Å². The number of rotatable bonds is 6. The molecule has 0 spiro atoms. The van der Waals surface area contributed by atoms with Crippen molar-refractivity contribution in [2.24, 2.45) is 5.92 Å². The van der Waals surface area contributed by atoms with Crippen molar-refractivity contribution in [3.05, 3.63) is 0 Å². The van der Waals surface area contributed by atoms with Crippen molar-refractivity contribution in [1.29, 1.82) is 0 Å². The third kappa shape index (κ3) is 6.59. The molecular formula is C13H24F3NO. The maximum absolute atomic E-state index is 12.1. The summed E-state index contributed by atoms with van der Waals surface area (Å²) in [5.74, 6) is 0.612. The van der Waals surface area contributed by atoms with Gasteiger partial charge in [0, 0.05) is 6.04 Å². The van der Waals surface area contributed by atoms with E-state index < -0.39 is 12.8 Å². The van der Waals surface area contributed by atoms with Crippen molar-refractivity contribution < 1.29 is 17.9 Å². The molecule has 1 rings (SSSR count). The predicted molar refractivity (Wildman–Crippen MR) is 65.5 cm³/mol. The van der Waals surface area contributed by atoms with Crippen molar-refractivity contribution in [3.8, 4) is 0 Å². The monoisotopic (exact) mass is 267 g/mol. The van der Waals surface area contributed by atoms with Gasteiger partial charge in [0.25, 0.3) is 0 Å². The first-order valence-corrected chi connectivity index (χ1v) is 6.82. The highest BCUT2D eigenvalue weighted by Gasteiger charge is 2.31. The van der Waals surface area contributed by atoms with Gasteiger partial charge in [0.2, 0.25) is 0 Å². The fraction of sp³-hybridized carbons (Fsp3) is 1.00. The van der Waals surface area contributed by atoms with Crippen LogP contribution in [0.4, 0.5) is 13.2 Å². The third-order valence-corrected chi connectivity index (χ3v) is 3.56. The lowest BCUT2D eigenvalue weighted by atomic mass is 9.92. The summed E-state index contributed by atoms with van der Waals surface area (Å²) in [5.41, 5.74) is 0. The Bertz CT molecular complexity index is 233. The zero-order valence-corrected chi connectivity index (χ0v) is 11.2. The molecule has 3 atom stereocenters. The summed E-state index contributed by atoms with van der Waals surface area (Å²) in [6.07, 6.45) is 0.104. The molecule has 0 bridgehead atoms. The lowest BCUT2D eigenvalue weighted by Crippen LogP contribution is -2.39. The maximum Gasteiger partial charge on any atom is 0.411 e. The first-order valence-electron chi connectivity index (χ1n) is 6.82. The fourth-order valence-corrected chi connectivity index (χ4v) is 2.21. The van der Waals surface area contributed by atoms with Crippen LogP contribution in [-0.4, -0.2) is 31.5 Å². The zero-order valence-electron chi connectivity index (χ0n) is 11.2. The molecule has 0 radical (unpaired) electrons. The molecule has 0 aromatic heterocycles. The Hall–Kier alpha value is -0.290. The SMILES string of the molecule is CCC(C)CNC1CCCC(OCC(F)(F)F)C1. The van der Waals surface area contributed by atoms with E-state index in [1.165, 1.54) is 0 Å². The number of nitrogens with one attached hydrogen (secondary N) is 1. The second-order valence-corrected chi connectivity index (χ2v) is 5.33. The van der Waals surface area contributed by atoms with E-state index in [9.17, 15) is 13.2 Å². The first kappa shape index (κ1) is 15.8. The molecule has 3 unspecified atom stereocenters. The average molecular weight is 267 g/mol. The van der Waals surface area contributed by atoms with E-state index in [2.05, 4.69) is 19.2 Å². The molecular weight excluding hydrogens is 243 g/mol. The van der Waals surface area contributed by atoms with Crippen LogP contribution in [-0.2, 0) is 4.74 Å². The number of alkyl halides is 3. The summed E-state index contributed by atoms with van der Waals surface area (Å²) in [5, 5.41) is 3.44. The molecule has 18 heavy (non-hydrogen) atoms. The van der Waals surface area contributed by atoms with Crippen molar-refractivity contribution in [3.63, 3.8) is 0 Å². The summed E-state index contributed by atoms with van der Waals surface area (Å²) in [7, 11) is 0. The second kappa shape index (κ2) is 7.34. The highest BCUT2D eigenvalue weighted by atomic mass is 19.4. The van der Waals surface area contributed by atoms with E-state index in [0.717, 1.165) is 32.2 Å². The van der Waals surface area contributed by atoms with Crippen LogP contribution in [0, 0.1) is 5.92 Å². The number of ether oxygens (including phenoxy) is 1. The van der Waals surface area contributed by atoms with E-state index >= 15 is 0 Å². The number of hydrogen-bond acceptors (Lipinski definition) is 2. The van der Waals surface area contributed by atoms with Gasteiger partial charge in [-0.05, 0) is 38.1 Å². The van der Waals surface area contributed by atoms with Crippen molar-refractivity contribution >= 4 is 0 Å². The largest absolute Gasteiger partial charge is 0.411 e. The van der Waals surface area contributed by atoms with E-state index in [-0.39, 0.29) is 6.10 Å². The molecule has 1 fully saturated rings. The number of hydrogen-bond donors (Lipinski definition) is 1. The summed E-state index contributed by atoms with van der Waals surface area (Å²) < 4.78 is 41.1. The summed E-state index contributed by atoms with van der Waals surface area (Å²) >= 11 is 0. The van der Waals surface area contributed by atoms with Crippen LogP contribution in [0.1, 0.15) is 46.0 Å². The maximum atomic E-state index is 12.1. The molecule has 1 aliphatic carbocycles. The highest BCUT2D eigenvalue weighted by molar-refractivity contribution is 4.79. The van der Waals surface area contributed by atoms with Gasteiger partial charge in [-0.2, -0.15) is 13.2 Å². The molecule has 0 amide bonds. The molecule has 1 N–H and O–H groups in total. The first-order chi connectivity index (χ1) is 8.40. The van der Waals surface area contributed by atoms with Gasteiger partial charge in [-0.15, -0.1) is 0 Å². The molecule has 0 saturated heterocycles. The van der Waals surface area contributed by atoms with Crippen molar-refractivity contribution in [2.45, 2.75) is 64.3 Å². The molecule has 1 saturated carbocycles. The van der Waals surface area contributed by atoms with Crippen molar-refractivity contribution in [2.75, 3.05) is 13.2 Å². The second-order valence-electron chi connectivity index (χ2n) is 5.33. The van der Waals surface area contributed by atoms with Crippen LogP contribution in [0.2, 0.25) is 0 Å². The van der Waals surface area contributed by atoms with Crippen LogP contribution in [0.25, 0.3) is 0 Å². The summed E-state index contributed by atoms with van der Waals surface area (Å²) in [4.78, 5) is 0. The molecule has 0 heterocycles. The molecule has 5 heteroatoms. The van der Waals surface area contributed by atoms with Gasteiger partial charge in [0.15, 0.2) is 0 Å². The Labute approximate surface area is 107 Å². The van der Waals surface area contributed by atoms with Gasteiger partial charge < -0.3 is 10.1 Å². The normalized spacial score (nSPS) is 27.2. The van der Waals surface area contributed by atoms with Gasteiger partial charge in [-0.3, -0.25) is 0 Å². The minimum Gasteiger partial charge on any atom is -0.369 e. The Morgan fingerprint density at radius 1 is 1.33 bits per heavy atom. The van der Waals surface area contributed by atoms with Gasteiger partial charge in [0.1, 0.15) is 6.61 Å². The summed E-state index contributed by atoms with van der Waals surface area (Å²) in [6.45, 7) is 4.14. The standard InChI is InChI=1S/C13H24F3NO/c1-3-10(2)8-17-11-5-4-6-12(7-11)18-9-13(14,15)16/h10-12,17H,3-9H2,1-2H3. The molecule has 0 aromatic carbocycles. The van der Waals surface area contributed by atoms with Crippen LogP contribution in [0.3, 0.4) is 0 Å².